The molecule has 4 atom stereocenters. The highest BCUT2D eigenvalue weighted by Crippen LogP contribution is 2.20. The zero-order chi connectivity index (χ0) is 25.8. The van der Waals surface area contributed by atoms with Gasteiger partial charge in [-0.05, 0) is 44.2 Å². The van der Waals surface area contributed by atoms with Crippen molar-refractivity contribution in [2.75, 3.05) is 13.1 Å². The molecule has 191 valence electrons. The number of nitrogens with zero attached hydrogens (tertiary/aromatic N) is 1. The largest absolute Gasteiger partial charge is 0.370 e. The predicted octanol–water partition coefficient (Wildman–Crippen LogP) is -1.37. The van der Waals surface area contributed by atoms with E-state index in [1.807, 2.05) is 36.6 Å². The molecule has 1 saturated heterocycles. The van der Waals surface area contributed by atoms with E-state index in [1.54, 1.807) is 0 Å². The summed E-state index contributed by atoms with van der Waals surface area (Å²) >= 11 is 0. The first-order chi connectivity index (χ1) is 16.8. The standard InChI is InChI=1S/C24H35N6O5/c25-11-5-4-9-19(29-22(33)18(26)14-21(27)32)24(35)30-12-6-10-20(30)23(34)28-17(15-31)13-16-7-2-1-3-8-16/h1-3,7-8,17-20H,4-6,9-14,25-26H2,(H2,27,32)(H,28,34)(H,29,33)/t17-,18-,19-,20-/m0/s1. The number of carbonyl (C=O) groups is 4. The molecular formula is C24H35N6O5. The minimum absolute atomic E-state index is 0.284. The lowest BCUT2D eigenvalue weighted by atomic mass is 10.0. The van der Waals surface area contributed by atoms with Gasteiger partial charge in [0, 0.05) is 13.0 Å². The normalized spacial score (nSPS) is 17.8. The Morgan fingerprint density at radius 1 is 1.11 bits per heavy atom. The summed E-state index contributed by atoms with van der Waals surface area (Å²) in [5.74, 6) is -2.27. The van der Waals surface area contributed by atoms with Gasteiger partial charge < -0.3 is 32.7 Å². The molecule has 11 nitrogen and oxygen atoms in total. The monoisotopic (exact) mass is 487 g/mol. The highest BCUT2D eigenvalue weighted by molar-refractivity contribution is 5.95. The smallest absolute Gasteiger partial charge is 0.245 e. The summed E-state index contributed by atoms with van der Waals surface area (Å²) < 4.78 is 0. The Balaban J connectivity index is 2.08. The van der Waals surface area contributed by atoms with Crippen molar-refractivity contribution in [3.8, 4) is 0 Å². The third-order valence-corrected chi connectivity index (χ3v) is 5.90. The molecule has 1 aliphatic heterocycles. The number of hydrogen-bond acceptors (Lipinski definition) is 7. The van der Waals surface area contributed by atoms with Crippen LogP contribution in [0.2, 0.25) is 0 Å². The second-order valence-corrected chi connectivity index (χ2v) is 8.68. The molecule has 11 heteroatoms. The second-order valence-electron chi connectivity index (χ2n) is 8.68. The van der Waals surface area contributed by atoms with Gasteiger partial charge in [-0.1, -0.05) is 30.3 Å². The van der Waals surface area contributed by atoms with E-state index in [4.69, 9.17) is 17.2 Å². The molecular weight excluding hydrogens is 452 g/mol. The van der Waals surface area contributed by atoms with Crippen LogP contribution < -0.4 is 27.8 Å². The van der Waals surface area contributed by atoms with Crippen molar-refractivity contribution in [1.82, 2.24) is 15.5 Å². The van der Waals surface area contributed by atoms with E-state index in [1.165, 1.54) is 4.90 Å². The van der Waals surface area contributed by atoms with Gasteiger partial charge >= 0.3 is 0 Å². The number of rotatable bonds is 14. The fourth-order valence-electron chi connectivity index (χ4n) is 4.08. The SMILES string of the molecule is NCCCC[C@H](NC(=O)[C@@H](N)CC(N)=O)C(=O)N1CCC[C@H]1C(=O)N[C@H]([C]=O)Cc1ccccc1. The molecule has 0 unspecified atom stereocenters. The van der Waals surface area contributed by atoms with Gasteiger partial charge in [0.2, 0.25) is 29.9 Å². The molecule has 2 rings (SSSR count). The molecule has 0 aliphatic carbocycles. The quantitative estimate of drug-likeness (QED) is 0.200. The van der Waals surface area contributed by atoms with E-state index in [2.05, 4.69) is 10.6 Å². The van der Waals surface area contributed by atoms with Gasteiger partial charge in [-0.2, -0.15) is 0 Å². The number of benzene rings is 1. The zero-order valence-electron chi connectivity index (χ0n) is 19.8. The Kier molecular flexibility index (Phi) is 11.3. The molecule has 1 fully saturated rings. The first kappa shape index (κ1) is 27.9. The molecule has 4 amide bonds. The second kappa shape index (κ2) is 14.2. The Morgan fingerprint density at radius 2 is 1.83 bits per heavy atom. The van der Waals surface area contributed by atoms with Crippen LogP contribution in [0.25, 0.3) is 0 Å². The number of amides is 4. The molecule has 1 radical (unpaired) electrons. The topological polar surface area (TPSA) is 191 Å². The average molecular weight is 488 g/mol. The van der Waals surface area contributed by atoms with Crippen LogP contribution in [0.3, 0.4) is 0 Å². The summed E-state index contributed by atoms with van der Waals surface area (Å²) in [6, 6.07) is 5.48. The van der Waals surface area contributed by atoms with Crippen molar-refractivity contribution in [1.29, 1.82) is 0 Å². The summed E-state index contributed by atoms with van der Waals surface area (Å²) in [5, 5.41) is 5.29. The van der Waals surface area contributed by atoms with Crippen molar-refractivity contribution < 1.29 is 24.0 Å². The van der Waals surface area contributed by atoms with Crippen molar-refractivity contribution in [3.63, 3.8) is 0 Å². The van der Waals surface area contributed by atoms with Crippen LogP contribution in [0.5, 0.6) is 0 Å². The maximum Gasteiger partial charge on any atom is 0.245 e. The number of nitrogens with one attached hydrogen (secondary N) is 2. The molecule has 0 spiro atoms. The summed E-state index contributed by atoms with van der Waals surface area (Å²) in [4.78, 5) is 62.8. The lowest BCUT2D eigenvalue weighted by Crippen LogP contribution is -2.56. The van der Waals surface area contributed by atoms with Crippen molar-refractivity contribution in [2.45, 2.75) is 69.1 Å². The Labute approximate surface area is 205 Å². The van der Waals surface area contributed by atoms with Gasteiger partial charge in [-0.3, -0.25) is 24.0 Å². The minimum Gasteiger partial charge on any atom is -0.370 e. The van der Waals surface area contributed by atoms with Crippen LogP contribution >= 0.6 is 0 Å². The third-order valence-electron chi connectivity index (χ3n) is 5.90. The van der Waals surface area contributed by atoms with Crippen LogP contribution in [-0.4, -0.2) is 72.1 Å². The van der Waals surface area contributed by atoms with E-state index in [0.29, 0.717) is 45.2 Å². The minimum atomic E-state index is -1.18. The maximum atomic E-state index is 13.4. The van der Waals surface area contributed by atoms with E-state index in [9.17, 15) is 24.0 Å². The molecule has 35 heavy (non-hydrogen) atoms. The van der Waals surface area contributed by atoms with Crippen LogP contribution in [0, 0.1) is 0 Å². The van der Waals surface area contributed by atoms with E-state index < -0.39 is 47.8 Å². The molecule has 0 bridgehead atoms. The molecule has 1 aromatic rings. The molecule has 1 heterocycles. The highest BCUT2D eigenvalue weighted by atomic mass is 16.2. The van der Waals surface area contributed by atoms with Crippen LogP contribution in [0.1, 0.15) is 44.1 Å². The van der Waals surface area contributed by atoms with Gasteiger partial charge in [0.1, 0.15) is 12.1 Å². The number of hydrogen-bond donors (Lipinski definition) is 5. The third kappa shape index (κ3) is 8.76. The van der Waals surface area contributed by atoms with Gasteiger partial charge in [0.05, 0.1) is 18.5 Å². The van der Waals surface area contributed by atoms with Crippen LogP contribution in [0.15, 0.2) is 30.3 Å². The lowest BCUT2D eigenvalue weighted by molar-refractivity contribution is -0.142. The van der Waals surface area contributed by atoms with Gasteiger partial charge in [-0.25, -0.2) is 0 Å². The van der Waals surface area contributed by atoms with Gasteiger partial charge in [0.25, 0.3) is 0 Å². The number of carbonyl (C=O) groups excluding carboxylic acids is 5. The van der Waals surface area contributed by atoms with Crippen molar-refractivity contribution >= 4 is 29.9 Å². The number of nitrogens with two attached hydrogens (primary N) is 3. The Morgan fingerprint density at radius 3 is 2.46 bits per heavy atom. The van der Waals surface area contributed by atoms with E-state index in [-0.39, 0.29) is 12.8 Å². The van der Waals surface area contributed by atoms with Gasteiger partial charge in [0.15, 0.2) is 0 Å². The van der Waals surface area contributed by atoms with Gasteiger partial charge in [-0.15, -0.1) is 0 Å². The van der Waals surface area contributed by atoms with Crippen molar-refractivity contribution in [2.24, 2.45) is 17.2 Å². The van der Waals surface area contributed by atoms with Crippen LogP contribution in [-0.2, 0) is 30.4 Å². The van der Waals surface area contributed by atoms with E-state index in [0.717, 1.165) is 5.56 Å². The Hall–Kier alpha value is -3.31. The fourth-order valence-corrected chi connectivity index (χ4v) is 4.08. The summed E-state index contributed by atoms with van der Waals surface area (Å²) in [6.45, 7) is 0.761. The predicted molar refractivity (Wildman–Crippen MR) is 129 cm³/mol. The molecule has 0 saturated carbocycles. The summed E-state index contributed by atoms with van der Waals surface area (Å²) in [7, 11) is 0. The lowest BCUT2D eigenvalue weighted by Gasteiger charge is -2.30. The van der Waals surface area contributed by atoms with E-state index >= 15 is 0 Å². The number of likely N-dealkylation sites (tertiary alicyclic amines) is 1. The molecule has 1 aliphatic rings. The molecule has 1 aromatic carbocycles. The summed E-state index contributed by atoms with van der Waals surface area (Å²) in [6.07, 6.45) is 4.33. The van der Waals surface area contributed by atoms with Crippen molar-refractivity contribution in [3.05, 3.63) is 35.9 Å². The Bertz CT molecular complexity index is 880. The number of unbranched alkanes of at least 4 members (excludes halogenated alkanes) is 1. The maximum absolute atomic E-state index is 13.4. The number of primary amides is 1. The zero-order valence-corrected chi connectivity index (χ0v) is 19.8. The highest BCUT2D eigenvalue weighted by Gasteiger charge is 2.38. The molecule has 8 N–H and O–H groups in total. The first-order valence-electron chi connectivity index (χ1n) is 11.8. The first-order valence-corrected chi connectivity index (χ1v) is 11.8. The molecule has 0 aromatic heterocycles. The average Bonchev–Trinajstić information content (AvgIpc) is 3.33. The fraction of sp³-hybridized carbons (Fsp3) is 0.542. The van der Waals surface area contributed by atoms with Crippen LogP contribution in [0.4, 0.5) is 0 Å². The summed E-state index contributed by atoms with van der Waals surface area (Å²) in [5.41, 5.74) is 17.3.